The quantitative estimate of drug-likeness (QED) is 0.844. The van der Waals surface area contributed by atoms with Crippen molar-refractivity contribution in [1.29, 1.82) is 0 Å². The summed E-state index contributed by atoms with van der Waals surface area (Å²) in [5.41, 5.74) is 1.07. The molecule has 0 radical (unpaired) electrons. The largest absolute Gasteiger partial charge is 0.315 e. The van der Waals surface area contributed by atoms with Gasteiger partial charge in [0.1, 0.15) is 0 Å². The molecule has 0 spiro atoms. The molecule has 1 N–H and O–H groups in total. The molecule has 0 atom stereocenters. The summed E-state index contributed by atoms with van der Waals surface area (Å²) in [5.74, 6) is 4.55. The van der Waals surface area contributed by atoms with Crippen molar-refractivity contribution >= 4 is 33.5 Å². The number of nitrogens with one attached hydrogen (secondary N) is 1. The summed E-state index contributed by atoms with van der Waals surface area (Å²) >= 11 is 3.95. The maximum absolute atomic E-state index is 12.9. The predicted molar refractivity (Wildman–Crippen MR) is 107 cm³/mol. The number of benzene rings is 1. The van der Waals surface area contributed by atoms with Crippen LogP contribution in [-0.4, -0.2) is 61.9 Å². The molecule has 0 saturated carbocycles. The van der Waals surface area contributed by atoms with Crippen molar-refractivity contribution in [2.75, 3.05) is 49.2 Å². The Bertz CT molecular complexity index is 562. The maximum atomic E-state index is 12.9. The molecule has 1 saturated heterocycles. The van der Waals surface area contributed by atoms with Gasteiger partial charge in [0.25, 0.3) is 0 Å². The fraction of sp³-hybridized carbons (Fsp3) is 0.647. The summed E-state index contributed by atoms with van der Waals surface area (Å²) in [5, 5.41) is 3.38. The Morgan fingerprint density at radius 3 is 2.29 bits per heavy atom. The molecule has 24 heavy (non-hydrogen) atoms. The summed E-state index contributed by atoms with van der Waals surface area (Å²) in [6.45, 7) is 4.77. The van der Waals surface area contributed by atoms with Gasteiger partial charge < -0.3 is 5.32 Å². The second kappa shape index (κ2) is 10.7. The molecule has 4 nitrogen and oxygen atoms in total. The molecule has 0 unspecified atom stereocenters. The Balaban J connectivity index is 2.03. The van der Waals surface area contributed by atoms with E-state index < -0.39 is 10.0 Å². The zero-order chi connectivity index (χ0) is 17.3. The molecule has 7 heteroatoms. The van der Waals surface area contributed by atoms with Gasteiger partial charge in [-0.2, -0.15) is 27.8 Å². The minimum atomic E-state index is -3.40. The number of aryl methyl sites for hydroxylation is 1. The van der Waals surface area contributed by atoms with Crippen LogP contribution in [0, 0.1) is 6.92 Å². The highest BCUT2D eigenvalue weighted by Gasteiger charge is 2.23. The second-order valence-corrected chi connectivity index (χ2v) is 10.3. The number of thioether (sulfide) groups is 2. The van der Waals surface area contributed by atoms with Crippen molar-refractivity contribution in [3.63, 3.8) is 0 Å². The first-order valence-electron chi connectivity index (χ1n) is 8.54. The Kier molecular flexibility index (Phi) is 8.97. The number of hydrogen-bond donors (Lipinski definition) is 1. The number of hydrogen-bond acceptors (Lipinski definition) is 5. The van der Waals surface area contributed by atoms with Crippen molar-refractivity contribution in [2.45, 2.75) is 24.7 Å². The lowest BCUT2D eigenvalue weighted by Gasteiger charge is -2.23. The van der Waals surface area contributed by atoms with Crippen LogP contribution in [0.15, 0.2) is 29.2 Å². The monoisotopic (exact) mass is 388 g/mol. The first-order chi connectivity index (χ1) is 11.6. The Hall–Kier alpha value is -0.210. The first kappa shape index (κ1) is 20.1. The lowest BCUT2D eigenvalue weighted by Crippen LogP contribution is -2.38. The average Bonchev–Trinajstić information content (AvgIpc) is 2.57. The smallest absolute Gasteiger partial charge is 0.243 e. The van der Waals surface area contributed by atoms with Gasteiger partial charge in [0.05, 0.1) is 4.90 Å². The van der Waals surface area contributed by atoms with Crippen LogP contribution in [0.2, 0.25) is 0 Å². The summed E-state index contributed by atoms with van der Waals surface area (Å²) in [4.78, 5) is 0.401. The molecule has 0 amide bonds. The van der Waals surface area contributed by atoms with E-state index in [9.17, 15) is 8.42 Å². The van der Waals surface area contributed by atoms with E-state index in [1.54, 1.807) is 16.4 Å². The van der Waals surface area contributed by atoms with Crippen LogP contribution < -0.4 is 5.32 Å². The van der Waals surface area contributed by atoms with E-state index in [2.05, 4.69) is 5.32 Å². The number of rotatable bonds is 2. The lowest BCUT2D eigenvalue weighted by atomic mass is 10.2. The third-order valence-corrected chi connectivity index (χ3v) is 8.22. The van der Waals surface area contributed by atoms with Crippen molar-refractivity contribution < 1.29 is 8.42 Å². The van der Waals surface area contributed by atoms with Crippen molar-refractivity contribution in [2.24, 2.45) is 0 Å². The Morgan fingerprint density at radius 2 is 1.58 bits per heavy atom. The minimum absolute atomic E-state index is 0.401. The van der Waals surface area contributed by atoms with Gasteiger partial charge in [-0.05, 0) is 49.9 Å². The Morgan fingerprint density at radius 1 is 0.917 bits per heavy atom. The van der Waals surface area contributed by atoms with Crippen LogP contribution in [0.3, 0.4) is 0 Å². The summed E-state index contributed by atoms with van der Waals surface area (Å²) in [7, 11) is -3.40. The van der Waals surface area contributed by atoms with Crippen LogP contribution in [0.25, 0.3) is 0 Å². The summed E-state index contributed by atoms with van der Waals surface area (Å²) in [6, 6.07) is 7.16. The fourth-order valence-corrected chi connectivity index (χ4v) is 6.02. The van der Waals surface area contributed by atoms with Gasteiger partial charge in [0.2, 0.25) is 10.0 Å². The van der Waals surface area contributed by atoms with E-state index in [1.807, 2.05) is 42.6 Å². The topological polar surface area (TPSA) is 49.4 Å². The van der Waals surface area contributed by atoms with E-state index in [-0.39, 0.29) is 0 Å². The van der Waals surface area contributed by atoms with Crippen molar-refractivity contribution in [3.8, 4) is 0 Å². The van der Waals surface area contributed by atoms with Crippen LogP contribution in [0.4, 0.5) is 0 Å². The number of sulfonamides is 1. The fourth-order valence-electron chi connectivity index (χ4n) is 2.50. The molecular formula is C17H28N2O2S3. The van der Waals surface area contributed by atoms with Gasteiger partial charge in [-0.3, -0.25) is 0 Å². The SMILES string of the molecule is Cc1ccc(S(=O)(=O)N2CCCSCCSCCCNCC2)cc1. The van der Waals surface area contributed by atoms with Crippen LogP contribution in [0.1, 0.15) is 18.4 Å². The minimum Gasteiger partial charge on any atom is -0.315 e. The van der Waals surface area contributed by atoms with Gasteiger partial charge in [-0.25, -0.2) is 8.42 Å². The number of nitrogens with zero attached hydrogens (tertiary/aromatic N) is 1. The van der Waals surface area contributed by atoms with E-state index in [0.717, 1.165) is 36.5 Å². The van der Waals surface area contributed by atoms with Gasteiger partial charge in [-0.15, -0.1) is 0 Å². The predicted octanol–water partition coefficient (Wildman–Crippen LogP) is 2.84. The molecule has 0 aromatic heterocycles. The van der Waals surface area contributed by atoms with E-state index in [4.69, 9.17) is 0 Å². The highest BCUT2D eigenvalue weighted by Crippen LogP contribution is 2.17. The van der Waals surface area contributed by atoms with Gasteiger partial charge >= 0.3 is 0 Å². The molecule has 1 heterocycles. The zero-order valence-corrected chi connectivity index (χ0v) is 16.8. The molecule has 136 valence electrons. The average molecular weight is 389 g/mol. The van der Waals surface area contributed by atoms with Crippen molar-refractivity contribution in [1.82, 2.24) is 9.62 Å². The first-order valence-corrected chi connectivity index (χ1v) is 12.3. The molecule has 1 aromatic rings. The molecular weight excluding hydrogens is 360 g/mol. The van der Waals surface area contributed by atoms with Gasteiger partial charge in [-0.1, -0.05) is 17.7 Å². The maximum Gasteiger partial charge on any atom is 0.243 e. The highest BCUT2D eigenvalue weighted by molar-refractivity contribution is 8.02. The third kappa shape index (κ3) is 6.59. The van der Waals surface area contributed by atoms with Crippen LogP contribution in [0.5, 0.6) is 0 Å². The van der Waals surface area contributed by atoms with Gasteiger partial charge in [0, 0.05) is 31.1 Å². The summed E-state index contributed by atoms with van der Waals surface area (Å²) in [6.07, 6.45) is 2.04. The standard InChI is InChI=1S/C17H28N2O2S3/c1-16-4-6-17(7-5-16)24(20,21)19-10-3-13-23-15-14-22-12-2-8-18-9-11-19/h4-7,18H,2-3,8-15H2,1H3. The normalized spacial score (nSPS) is 20.4. The molecule has 0 bridgehead atoms. The molecule has 1 aromatic carbocycles. The van der Waals surface area contributed by atoms with Crippen LogP contribution in [-0.2, 0) is 10.0 Å². The lowest BCUT2D eigenvalue weighted by molar-refractivity contribution is 0.405. The third-order valence-electron chi connectivity index (χ3n) is 3.91. The van der Waals surface area contributed by atoms with E-state index >= 15 is 0 Å². The zero-order valence-electron chi connectivity index (χ0n) is 14.4. The summed E-state index contributed by atoms with van der Waals surface area (Å²) < 4.78 is 27.5. The molecule has 1 aliphatic heterocycles. The van der Waals surface area contributed by atoms with Crippen molar-refractivity contribution in [3.05, 3.63) is 29.8 Å². The molecule has 0 aliphatic carbocycles. The van der Waals surface area contributed by atoms with Crippen LogP contribution >= 0.6 is 23.5 Å². The molecule has 2 rings (SSSR count). The molecule has 1 aliphatic rings. The van der Waals surface area contributed by atoms with E-state index in [1.165, 1.54) is 11.5 Å². The molecule has 1 fully saturated rings. The van der Waals surface area contributed by atoms with E-state index in [0.29, 0.717) is 24.5 Å². The Labute approximate surface area is 155 Å². The second-order valence-electron chi connectivity index (χ2n) is 5.90. The highest BCUT2D eigenvalue weighted by atomic mass is 32.2. The van der Waals surface area contributed by atoms with Gasteiger partial charge in [0.15, 0.2) is 0 Å².